The molecule has 2 aliphatic rings. The van der Waals surface area contributed by atoms with Gasteiger partial charge in [0.25, 0.3) is 0 Å². The summed E-state index contributed by atoms with van der Waals surface area (Å²) >= 11 is 0. The summed E-state index contributed by atoms with van der Waals surface area (Å²) in [5.41, 5.74) is 1.31. The van der Waals surface area contributed by atoms with Crippen LogP contribution in [0.3, 0.4) is 0 Å². The van der Waals surface area contributed by atoms with Gasteiger partial charge in [-0.25, -0.2) is 4.39 Å². The summed E-state index contributed by atoms with van der Waals surface area (Å²) in [7, 11) is 1.75. The molecule has 0 radical (unpaired) electrons. The van der Waals surface area contributed by atoms with Crippen molar-refractivity contribution < 1.29 is 13.9 Å². The smallest absolute Gasteiger partial charge is 0.123 e. The monoisotopic (exact) mass is 322 g/mol. The van der Waals surface area contributed by atoms with Crippen molar-refractivity contribution in [3.05, 3.63) is 35.6 Å². The third-order valence-electron chi connectivity index (χ3n) is 5.23. The Balaban J connectivity index is 1.63. The van der Waals surface area contributed by atoms with Crippen molar-refractivity contribution in [2.75, 3.05) is 53.1 Å². The number of likely N-dealkylation sites (tertiary alicyclic amines) is 1. The molecule has 5 heteroatoms. The van der Waals surface area contributed by atoms with Crippen molar-refractivity contribution in [3.8, 4) is 0 Å². The van der Waals surface area contributed by atoms with E-state index in [1.165, 1.54) is 5.56 Å². The van der Waals surface area contributed by atoms with E-state index in [2.05, 4.69) is 9.80 Å². The van der Waals surface area contributed by atoms with Gasteiger partial charge in [0.05, 0.1) is 19.8 Å². The van der Waals surface area contributed by atoms with E-state index in [-0.39, 0.29) is 11.4 Å². The fourth-order valence-electron chi connectivity index (χ4n) is 3.70. The minimum atomic E-state index is -0.170. The van der Waals surface area contributed by atoms with Gasteiger partial charge in [0.2, 0.25) is 0 Å². The maximum atomic E-state index is 13.1. The Morgan fingerprint density at radius 3 is 2.61 bits per heavy atom. The van der Waals surface area contributed by atoms with E-state index < -0.39 is 0 Å². The molecule has 2 heterocycles. The summed E-state index contributed by atoms with van der Waals surface area (Å²) in [5, 5.41) is 0. The molecule has 4 nitrogen and oxygen atoms in total. The summed E-state index contributed by atoms with van der Waals surface area (Å²) in [6, 6.07) is 6.89. The molecule has 0 unspecified atom stereocenters. The molecule has 2 saturated heterocycles. The highest BCUT2D eigenvalue weighted by molar-refractivity contribution is 5.17. The van der Waals surface area contributed by atoms with Crippen LogP contribution in [0.2, 0.25) is 0 Å². The maximum absolute atomic E-state index is 13.1. The third kappa shape index (κ3) is 4.10. The molecule has 1 spiro atoms. The summed E-state index contributed by atoms with van der Waals surface area (Å²) in [5.74, 6) is -0.170. The molecule has 1 aromatic carbocycles. The lowest BCUT2D eigenvalue weighted by Gasteiger charge is -2.51. The topological polar surface area (TPSA) is 24.9 Å². The second-order valence-corrected chi connectivity index (χ2v) is 6.66. The Hall–Kier alpha value is -1.01. The van der Waals surface area contributed by atoms with Gasteiger partial charge in [-0.15, -0.1) is 0 Å². The Kier molecular flexibility index (Phi) is 5.64. The first kappa shape index (κ1) is 16.8. The number of nitrogens with zero attached hydrogens (tertiary/aromatic N) is 2. The SMILES string of the molecule is COCCN1CCC2(CC1)COCCN2Cc1ccc(F)cc1. The molecule has 0 N–H and O–H groups in total. The van der Waals surface area contributed by atoms with Crippen molar-refractivity contribution in [1.29, 1.82) is 0 Å². The molecule has 0 saturated carbocycles. The zero-order chi connectivity index (χ0) is 16.1. The summed E-state index contributed by atoms with van der Waals surface area (Å²) in [4.78, 5) is 5.02. The molecule has 3 rings (SSSR count). The number of methoxy groups -OCH3 is 1. The molecular formula is C18H27FN2O2. The highest BCUT2D eigenvalue weighted by Gasteiger charge is 2.41. The first-order valence-electron chi connectivity index (χ1n) is 8.50. The Morgan fingerprint density at radius 2 is 1.91 bits per heavy atom. The zero-order valence-electron chi connectivity index (χ0n) is 14.0. The van der Waals surface area contributed by atoms with Crippen LogP contribution in [0.5, 0.6) is 0 Å². The van der Waals surface area contributed by atoms with Crippen molar-refractivity contribution >= 4 is 0 Å². The van der Waals surface area contributed by atoms with Gasteiger partial charge in [0.15, 0.2) is 0 Å². The lowest BCUT2D eigenvalue weighted by molar-refractivity contribution is -0.0997. The largest absolute Gasteiger partial charge is 0.383 e. The highest BCUT2D eigenvalue weighted by atomic mass is 19.1. The van der Waals surface area contributed by atoms with Gasteiger partial charge in [0.1, 0.15) is 5.82 Å². The summed E-state index contributed by atoms with van der Waals surface area (Å²) in [6.45, 7) is 7.41. The number of piperidine rings is 1. The predicted molar refractivity (Wildman–Crippen MR) is 87.9 cm³/mol. The molecule has 128 valence electrons. The number of halogens is 1. The molecule has 0 aromatic heterocycles. The quantitative estimate of drug-likeness (QED) is 0.829. The molecule has 0 bridgehead atoms. The van der Waals surface area contributed by atoms with Gasteiger partial charge in [0, 0.05) is 45.4 Å². The van der Waals surface area contributed by atoms with Crippen LogP contribution in [-0.2, 0) is 16.0 Å². The normalized spacial score (nSPS) is 22.5. The molecule has 0 atom stereocenters. The van der Waals surface area contributed by atoms with Crippen LogP contribution in [0, 0.1) is 5.82 Å². The molecular weight excluding hydrogens is 295 g/mol. The summed E-state index contributed by atoms with van der Waals surface area (Å²) < 4.78 is 24.1. The first-order valence-corrected chi connectivity index (χ1v) is 8.50. The fraction of sp³-hybridized carbons (Fsp3) is 0.667. The van der Waals surface area contributed by atoms with Gasteiger partial charge in [-0.1, -0.05) is 12.1 Å². The molecule has 2 fully saturated rings. The van der Waals surface area contributed by atoms with Gasteiger partial charge in [-0.05, 0) is 30.5 Å². The van der Waals surface area contributed by atoms with Gasteiger partial charge < -0.3 is 14.4 Å². The van der Waals surface area contributed by atoms with Gasteiger partial charge in [-0.3, -0.25) is 4.90 Å². The summed E-state index contributed by atoms with van der Waals surface area (Å²) in [6.07, 6.45) is 2.25. The Bertz CT molecular complexity index is 486. The molecule has 0 amide bonds. The van der Waals surface area contributed by atoms with Crippen LogP contribution in [0.15, 0.2) is 24.3 Å². The van der Waals surface area contributed by atoms with E-state index in [0.717, 1.165) is 65.4 Å². The van der Waals surface area contributed by atoms with E-state index in [1.807, 2.05) is 12.1 Å². The van der Waals surface area contributed by atoms with Gasteiger partial charge >= 0.3 is 0 Å². The van der Waals surface area contributed by atoms with Crippen LogP contribution in [0.25, 0.3) is 0 Å². The van der Waals surface area contributed by atoms with Crippen LogP contribution in [0.1, 0.15) is 18.4 Å². The second kappa shape index (κ2) is 7.71. The highest BCUT2D eigenvalue weighted by Crippen LogP contribution is 2.33. The van der Waals surface area contributed by atoms with E-state index >= 15 is 0 Å². The lowest BCUT2D eigenvalue weighted by atomic mass is 9.85. The van der Waals surface area contributed by atoms with Gasteiger partial charge in [-0.2, -0.15) is 0 Å². The minimum Gasteiger partial charge on any atom is -0.383 e. The number of morpholine rings is 1. The number of ether oxygens (including phenoxy) is 2. The predicted octanol–water partition coefficient (Wildman–Crippen LogP) is 2.14. The average molecular weight is 322 g/mol. The number of rotatable bonds is 5. The van der Waals surface area contributed by atoms with Crippen molar-refractivity contribution in [1.82, 2.24) is 9.80 Å². The van der Waals surface area contributed by atoms with E-state index in [4.69, 9.17) is 9.47 Å². The minimum absolute atomic E-state index is 0.135. The zero-order valence-corrected chi connectivity index (χ0v) is 14.0. The molecule has 23 heavy (non-hydrogen) atoms. The van der Waals surface area contributed by atoms with Crippen molar-refractivity contribution in [3.63, 3.8) is 0 Å². The standard InChI is InChI=1S/C18H27FN2O2/c1-22-12-10-20-8-6-18(7-9-20)15-23-13-11-21(18)14-16-2-4-17(19)5-3-16/h2-5H,6-15H2,1H3. The number of benzene rings is 1. The van der Waals surface area contributed by atoms with Crippen molar-refractivity contribution in [2.45, 2.75) is 24.9 Å². The molecule has 1 aromatic rings. The van der Waals surface area contributed by atoms with Crippen LogP contribution in [-0.4, -0.2) is 68.4 Å². The Morgan fingerprint density at radius 1 is 1.17 bits per heavy atom. The first-order chi connectivity index (χ1) is 11.2. The molecule has 2 aliphatic heterocycles. The van der Waals surface area contributed by atoms with Crippen LogP contribution >= 0.6 is 0 Å². The van der Waals surface area contributed by atoms with Crippen LogP contribution < -0.4 is 0 Å². The fourth-order valence-corrected chi connectivity index (χ4v) is 3.70. The number of hydrogen-bond acceptors (Lipinski definition) is 4. The van der Waals surface area contributed by atoms with Crippen molar-refractivity contribution in [2.24, 2.45) is 0 Å². The Labute approximate surface area is 138 Å². The van der Waals surface area contributed by atoms with Crippen LogP contribution in [0.4, 0.5) is 4.39 Å². The third-order valence-corrected chi connectivity index (χ3v) is 5.23. The number of hydrogen-bond donors (Lipinski definition) is 0. The lowest BCUT2D eigenvalue weighted by Crippen LogP contribution is -2.61. The second-order valence-electron chi connectivity index (χ2n) is 6.66. The maximum Gasteiger partial charge on any atom is 0.123 e. The van der Waals surface area contributed by atoms with E-state index in [1.54, 1.807) is 19.2 Å². The van der Waals surface area contributed by atoms with E-state index in [9.17, 15) is 4.39 Å². The molecule has 0 aliphatic carbocycles. The average Bonchev–Trinajstić information content (AvgIpc) is 2.58. The van der Waals surface area contributed by atoms with E-state index in [0.29, 0.717) is 0 Å².